The predicted molar refractivity (Wildman–Crippen MR) is 102 cm³/mol. The van der Waals surface area contributed by atoms with E-state index in [0.29, 0.717) is 5.69 Å². The fourth-order valence-electron chi connectivity index (χ4n) is 3.00. The molecule has 29 heavy (non-hydrogen) atoms. The molecule has 0 saturated carbocycles. The lowest BCUT2D eigenvalue weighted by Crippen LogP contribution is -2.18. The summed E-state index contributed by atoms with van der Waals surface area (Å²) in [6.45, 7) is 1.70. The molecule has 0 N–H and O–H groups in total. The van der Waals surface area contributed by atoms with Crippen molar-refractivity contribution in [3.8, 4) is 11.5 Å². The van der Waals surface area contributed by atoms with Crippen LogP contribution in [0.1, 0.15) is 5.69 Å². The highest BCUT2D eigenvalue weighted by Gasteiger charge is 2.30. The highest BCUT2D eigenvalue weighted by atomic mass is 19.1. The quantitative estimate of drug-likeness (QED) is 0.447. The van der Waals surface area contributed by atoms with E-state index < -0.39 is 27.9 Å². The standard InChI is InChI=1S/C19H18F2N4O4/c1-11-7-18(23(2)22-11)24(19-14(20)8-13(29-4)9-15(19)21)16-6-5-12(28-3)10-17(16)25(26)27/h5-10H,1-4H3. The monoisotopic (exact) mass is 404 g/mol. The third kappa shape index (κ3) is 3.68. The molecule has 3 aromatic rings. The van der Waals surface area contributed by atoms with E-state index in [9.17, 15) is 18.9 Å². The van der Waals surface area contributed by atoms with Crippen LogP contribution in [-0.2, 0) is 7.05 Å². The van der Waals surface area contributed by atoms with Crippen molar-refractivity contribution in [1.29, 1.82) is 0 Å². The summed E-state index contributed by atoms with van der Waals surface area (Å²) >= 11 is 0. The molecule has 8 nitrogen and oxygen atoms in total. The maximum atomic E-state index is 15.0. The second kappa shape index (κ2) is 7.74. The number of anilines is 3. The SMILES string of the molecule is COc1cc(F)c(N(c2ccc(OC)cc2[N+](=O)[O-])c2cc(C)nn2C)c(F)c1. The maximum Gasteiger partial charge on any atom is 0.296 e. The average Bonchev–Trinajstić information content (AvgIpc) is 3.01. The Bertz CT molecular complexity index is 1060. The molecular formula is C19H18F2N4O4. The van der Waals surface area contributed by atoms with Gasteiger partial charge in [0, 0.05) is 25.2 Å². The Morgan fingerprint density at radius 2 is 1.69 bits per heavy atom. The first-order valence-corrected chi connectivity index (χ1v) is 8.43. The van der Waals surface area contributed by atoms with E-state index in [-0.39, 0.29) is 23.0 Å². The van der Waals surface area contributed by atoms with E-state index in [2.05, 4.69) is 5.10 Å². The van der Waals surface area contributed by atoms with Gasteiger partial charge >= 0.3 is 0 Å². The third-order valence-electron chi connectivity index (χ3n) is 4.28. The van der Waals surface area contributed by atoms with Gasteiger partial charge in [-0.05, 0) is 19.1 Å². The van der Waals surface area contributed by atoms with Gasteiger partial charge in [-0.3, -0.25) is 19.7 Å². The second-order valence-electron chi connectivity index (χ2n) is 6.15. The molecule has 0 spiro atoms. The normalized spacial score (nSPS) is 10.7. The summed E-state index contributed by atoms with van der Waals surface area (Å²) in [6.07, 6.45) is 0. The van der Waals surface area contributed by atoms with Crippen LogP contribution in [0, 0.1) is 28.7 Å². The van der Waals surface area contributed by atoms with Crippen LogP contribution < -0.4 is 14.4 Å². The van der Waals surface area contributed by atoms with Gasteiger partial charge in [0.2, 0.25) is 0 Å². The number of ether oxygens (including phenoxy) is 2. The summed E-state index contributed by atoms with van der Waals surface area (Å²) in [7, 11) is 4.22. The predicted octanol–water partition coefficient (Wildman–Crippen LogP) is 4.40. The van der Waals surface area contributed by atoms with E-state index in [1.165, 1.54) is 37.1 Å². The van der Waals surface area contributed by atoms with Crippen molar-refractivity contribution in [2.24, 2.45) is 7.05 Å². The van der Waals surface area contributed by atoms with Crippen molar-refractivity contribution in [1.82, 2.24) is 9.78 Å². The Morgan fingerprint density at radius 3 is 2.17 bits per heavy atom. The first-order chi connectivity index (χ1) is 13.8. The number of halogens is 2. The largest absolute Gasteiger partial charge is 0.497 e. The minimum atomic E-state index is -0.953. The Labute approximate surface area is 165 Å². The Balaban J connectivity index is 2.36. The number of methoxy groups -OCH3 is 2. The van der Waals surface area contributed by atoms with E-state index in [4.69, 9.17) is 9.47 Å². The Kier molecular flexibility index (Phi) is 5.35. The third-order valence-corrected chi connectivity index (χ3v) is 4.28. The zero-order chi connectivity index (χ0) is 21.3. The van der Waals surface area contributed by atoms with E-state index in [1.54, 1.807) is 20.0 Å². The molecule has 0 amide bonds. The number of aryl methyl sites for hydroxylation is 2. The summed E-state index contributed by atoms with van der Waals surface area (Å²) in [5.74, 6) is -1.46. The van der Waals surface area contributed by atoms with Crippen LogP contribution in [-0.4, -0.2) is 28.9 Å². The Morgan fingerprint density at radius 1 is 1.07 bits per heavy atom. The van der Waals surface area contributed by atoms with Crippen LogP contribution >= 0.6 is 0 Å². The number of aromatic nitrogens is 2. The van der Waals surface area contributed by atoms with Gasteiger partial charge < -0.3 is 9.47 Å². The van der Waals surface area contributed by atoms with Crippen LogP contribution in [0.4, 0.5) is 31.7 Å². The van der Waals surface area contributed by atoms with Crippen LogP contribution in [0.25, 0.3) is 0 Å². The zero-order valence-electron chi connectivity index (χ0n) is 16.1. The molecule has 0 unspecified atom stereocenters. The lowest BCUT2D eigenvalue weighted by Gasteiger charge is -2.25. The van der Waals surface area contributed by atoms with Crippen molar-refractivity contribution < 1.29 is 23.2 Å². The van der Waals surface area contributed by atoms with Gasteiger partial charge in [0.25, 0.3) is 5.69 Å². The number of benzene rings is 2. The van der Waals surface area contributed by atoms with E-state index in [0.717, 1.165) is 17.0 Å². The molecule has 0 aliphatic carbocycles. The minimum absolute atomic E-state index is 0.0193. The Hall–Kier alpha value is -3.69. The minimum Gasteiger partial charge on any atom is -0.497 e. The summed E-state index contributed by atoms with van der Waals surface area (Å²) in [4.78, 5) is 12.2. The highest BCUT2D eigenvalue weighted by Crippen LogP contribution is 2.44. The van der Waals surface area contributed by atoms with Crippen molar-refractivity contribution in [3.05, 3.63) is 63.8 Å². The van der Waals surface area contributed by atoms with Crippen molar-refractivity contribution in [2.75, 3.05) is 19.1 Å². The van der Waals surface area contributed by atoms with Gasteiger partial charge in [0.15, 0.2) is 11.6 Å². The van der Waals surface area contributed by atoms with Crippen molar-refractivity contribution in [3.63, 3.8) is 0 Å². The topological polar surface area (TPSA) is 82.7 Å². The molecule has 0 bridgehead atoms. The average molecular weight is 404 g/mol. The molecule has 0 aliphatic rings. The lowest BCUT2D eigenvalue weighted by molar-refractivity contribution is -0.384. The fourth-order valence-corrected chi connectivity index (χ4v) is 3.00. The molecule has 2 aromatic carbocycles. The molecule has 0 atom stereocenters. The smallest absolute Gasteiger partial charge is 0.296 e. The number of hydrogen-bond acceptors (Lipinski definition) is 6. The van der Waals surface area contributed by atoms with Crippen molar-refractivity contribution >= 4 is 22.9 Å². The molecule has 0 fully saturated rings. The van der Waals surface area contributed by atoms with Crippen LogP contribution in [0.3, 0.4) is 0 Å². The van der Waals surface area contributed by atoms with E-state index >= 15 is 0 Å². The fraction of sp³-hybridized carbons (Fsp3) is 0.211. The highest BCUT2D eigenvalue weighted by molar-refractivity contribution is 5.82. The van der Waals surface area contributed by atoms with Crippen LogP contribution in [0.5, 0.6) is 11.5 Å². The molecular weight excluding hydrogens is 386 g/mol. The molecule has 1 heterocycles. The van der Waals surface area contributed by atoms with Gasteiger partial charge in [-0.1, -0.05) is 0 Å². The van der Waals surface area contributed by atoms with Gasteiger partial charge in [0.1, 0.15) is 28.7 Å². The van der Waals surface area contributed by atoms with E-state index in [1.807, 2.05) is 0 Å². The number of nitro groups is 1. The molecule has 0 saturated heterocycles. The molecule has 10 heteroatoms. The summed E-state index contributed by atoms with van der Waals surface area (Å²) in [6, 6.07) is 7.59. The first-order valence-electron chi connectivity index (χ1n) is 8.43. The van der Waals surface area contributed by atoms with Crippen molar-refractivity contribution in [2.45, 2.75) is 6.92 Å². The molecule has 0 radical (unpaired) electrons. The summed E-state index contributed by atoms with van der Waals surface area (Å²) < 4.78 is 41.2. The van der Waals surface area contributed by atoms with Gasteiger partial charge in [-0.25, -0.2) is 8.78 Å². The zero-order valence-corrected chi connectivity index (χ0v) is 16.1. The number of hydrogen-bond donors (Lipinski definition) is 0. The van der Waals surface area contributed by atoms with Gasteiger partial charge in [0.05, 0.1) is 30.9 Å². The van der Waals surface area contributed by atoms with Gasteiger partial charge in [-0.15, -0.1) is 0 Å². The molecule has 3 rings (SSSR count). The number of rotatable bonds is 6. The first kappa shape index (κ1) is 20.1. The van der Waals surface area contributed by atoms with Gasteiger partial charge in [-0.2, -0.15) is 5.10 Å². The summed E-state index contributed by atoms with van der Waals surface area (Å²) in [5.41, 5.74) is -0.375. The second-order valence-corrected chi connectivity index (χ2v) is 6.15. The molecule has 0 aliphatic heterocycles. The lowest BCUT2D eigenvalue weighted by atomic mass is 10.1. The number of nitro benzene ring substituents is 1. The van der Waals surface area contributed by atoms with Crippen LogP contribution in [0.15, 0.2) is 36.4 Å². The summed E-state index contributed by atoms with van der Waals surface area (Å²) in [5, 5.41) is 15.9. The molecule has 152 valence electrons. The number of nitrogens with zero attached hydrogens (tertiary/aromatic N) is 4. The maximum absolute atomic E-state index is 15.0. The molecule has 1 aromatic heterocycles. The van der Waals surface area contributed by atoms with Crippen LogP contribution in [0.2, 0.25) is 0 Å².